The first-order valence-corrected chi connectivity index (χ1v) is 11.1. The van der Waals surface area contributed by atoms with Crippen LogP contribution in [0, 0.1) is 0 Å². The highest BCUT2D eigenvalue weighted by Gasteiger charge is 2.16. The molecule has 3 rings (SSSR count). The van der Waals surface area contributed by atoms with Gasteiger partial charge in [0.2, 0.25) is 5.91 Å². The number of aliphatic imine (C=N–C) groups is 1. The van der Waals surface area contributed by atoms with Crippen molar-refractivity contribution in [2.45, 2.75) is 35.3 Å². The van der Waals surface area contributed by atoms with Gasteiger partial charge in [-0.25, -0.2) is 4.99 Å². The van der Waals surface area contributed by atoms with Crippen LogP contribution in [0.1, 0.15) is 18.4 Å². The van der Waals surface area contributed by atoms with Crippen LogP contribution in [0.5, 0.6) is 0 Å². The zero-order valence-electron chi connectivity index (χ0n) is 17.6. The Morgan fingerprint density at radius 3 is 2.50 bits per heavy atom. The molecule has 0 spiro atoms. The number of nitrogens with zero attached hydrogens (tertiary/aromatic N) is 2. The van der Waals surface area contributed by atoms with Gasteiger partial charge in [0.1, 0.15) is 0 Å². The van der Waals surface area contributed by atoms with Gasteiger partial charge in [0.15, 0.2) is 5.96 Å². The van der Waals surface area contributed by atoms with Crippen molar-refractivity contribution in [1.82, 2.24) is 15.5 Å². The lowest BCUT2D eigenvalue weighted by Gasteiger charge is -2.17. The summed E-state index contributed by atoms with van der Waals surface area (Å²) in [6, 6.07) is 18.8. The van der Waals surface area contributed by atoms with Crippen LogP contribution in [0.25, 0.3) is 0 Å². The minimum absolute atomic E-state index is 0.00362. The molecule has 1 unspecified atom stereocenters. The van der Waals surface area contributed by atoms with E-state index in [4.69, 9.17) is 4.74 Å². The molecule has 1 heterocycles. The van der Waals surface area contributed by atoms with Crippen LogP contribution in [-0.4, -0.2) is 56.7 Å². The third-order valence-electron chi connectivity index (χ3n) is 4.75. The monoisotopic (exact) mass is 426 g/mol. The molecule has 2 N–H and O–H groups in total. The average molecular weight is 427 g/mol. The highest BCUT2D eigenvalue weighted by Crippen LogP contribution is 2.27. The molecule has 1 aliphatic heterocycles. The Kier molecular flexibility index (Phi) is 8.59. The van der Waals surface area contributed by atoms with Gasteiger partial charge in [0, 0.05) is 37.0 Å². The van der Waals surface area contributed by atoms with E-state index in [2.05, 4.69) is 52.0 Å². The molecule has 30 heavy (non-hydrogen) atoms. The van der Waals surface area contributed by atoms with Crippen LogP contribution >= 0.6 is 11.8 Å². The van der Waals surface area contributed by atoms with E-state index in [0.29, 0.717) is 19.0 Å². The first kappa shape index (κ1) is 22.2. The van der Waals surface area contributed by atoms with Gasteiger partial charge in [-0.2, -0.15) is 0 Å². The second kappa shape index (κ2) is 11.6. The Hall–Kier alpha value is -2.51. The number of ether oxygens (including phenoxy) is 1. The quantitative estimate of drug-likeness (QED) is 0.502. The lowest BCUT2D eigenvalue weighted by molar-refractivity contribution is -0.127. The molecule has 0 saturated carbocycles. The Balaban J connectivity index is 1.57. The Morgan fingerprint density at radius 1 is 1.10 bits per heavy atom. The van der Waals surface area contributed by atoms with Crippen LogP contribution in [0.2, 0.25) is 0 Å². The van der Waals surface area contributed by atoms with Crippen molar-refractivity contribution in [1.29, 1.82) is 0 Å². The Labute approximate surface area is 183 Å². The predicted molar refractivity (Wildman–Crippen MR) is 122 cm³/mol. The summed E-state index contributed by atoms with van der Waals surface area (Å²) in [4.78, 5) is 20.6. The predicted octanol–water partition coefficient (Wildman–Crippen LogP) is 3.14. The Morgan fingerprint density at radius 2 is 1.83 bits per heavy atom. The number of nitrogens with one attached hydrogen (secondary N) is 2. The van der Waals surface area contributed by atoms with E-state index in [1.807, 2.05) is 18.2 Å². The highest BCUT2D eigenvalue weighted by atomic mass is 32.2. The SMILES string of the molecule is CN(C)C(=O)CNC(=NCc1ccc(Sc2ccccc2)cc1)NCC1CCCO1. The van der Waals surface area contributed by atoms with Gasteiger partial charge in [-0.05, 0) is 42.7 Å². The first-order chi connectivity index (χ1) is 14.6. The van der Waals surface area contributed by atoms with Gasteiger partial charge >= 0.3 is 0 Å². The number of likely N-dealkylation sites (N-methyl/N-ethyl adjacent to an activating group) is 1. The van der Waals surface area contributed by atoms with E-state index >= 15 is 0 Å². The van der Waals surface area contributed by atoms with Crippen LogP contribution in [0.4, 0.5) is 0 Å². The largest absolute Gasteiger partial charge is 0.376 e. The average Bonchev–Trinajstić information content (AvgIpc) is 3.28. The summed E-state index contributed by atoms with van der Waals surface area (Å²) in [6.07, 6.45) is 2.35. The minimum Gasteiger partial charge on any atom is -0.376 e. The number of carbonyl (C=O) groups is 1. The molecule has 160 valence electrons. The van der Waals surface area contributed by atoms with E-state index in [9.17, 15) is 4.79 Å². The Bertz CT molecular complexity index is 819. The van der Waals surface area contributed by atoms with Crippen LogP contribution in [-0.2, 0) is 16.1 Å². The lowest BCUT2D eigenvalue weighted by atomic mass is 10.2. The molecule has 0 aliphatic carbocycles. The van der Waals surface area contributed by atoms with Crippen molar-refractivity contribution >= 4 is 23.6 Å². The van der Waals surface area contributed by atoms with Crippen molar-refractivity contribution < 1.29 is 9.53 Å². The van der Waals surface area contributed by atoms with E-state index in [1.165, 1.54) is 9.79 Å². The second-order valence-electron chi connectivity index (χ2n) is 7.38. The second-order valence-corrected chi connectivity index (χ2v) is 8.53. The molecule has 2 aromatic carbocycles. The standard InChI is InChI=1S/C23H30N4O2S/c1-27(2)22(28)17-26-23(25-16-19-7-6-14-29-19)24-15-18-10-12-21(13-11-18)30-20-8-4-3-5-9-20/h3-5,8-13,19H,6-7,14-17H2,1-2H3,(H2,24,25,26). The molecule has 1 saturated heterocycles. The summed E-state index contributed by atoms with van der Waals surface area (Å²) in [5.41, 5.74) is 1.12. The maximum Gasteiger partial charge on any atom is 0.241 e. The maximum atomic E-state index is 11.9. The molecule has 0 radical (unpaired) electrons. The van der Waals surface area contributed by atoms with Gasteiger partial charge < -0.3 is 20.3 Å². The topological polar surface area (TPSA) is 66.0 Å². The first-order valence-electron chi connectivity index (χ1n) is 10.3. The third-order valence-corrected chi connectivity index (χ3v) is 5.76. The lowest BCUT2D eigenvalue weighted by Crippen LogP contribution is -2.45. The van der Waals surface area contributed by atoms with Gasteiger partial charge in [0.05, 0.1) is 19.2 Å². The number of carbonyl (C=O) groups excluding carboxylic acids is 1. The van der Waals surface area contributed by atoms with Gasteiger partial charge in [-0.15, -0.1) is 0 Å². The van der Waals surface area contributed by atoms with Gasteiger partial charge in [-0.1, -0.05) is 42.1 Å². The molecular formula is C23H30N4O2S. The van der Waals surface area contributed by atoms with Gasteiger partial charge in [-0.3, -0.25) is 4.79 Å². The molecule has 7 heteroatoms. The summed E-state index contributed by atoms with van der Waals surface area (Å²) in [5, 5.41) is 6.44. The molecule has 1 atom stereocenters. The molecule has 1 aliphatic rings. The number of benzene rings is 2. The van der Waals surface area contributed by atoms with E-state index in [0.717, 1.165) is 25.0 Å². The van der Waals surface area contributed by atoms with Crippen molar-refractivity contribution in [3.63, 3.8) is 0 Å². The van der Waals surface area contributed by atoms with E-state index in [1.54, 1.807) is 30.8 Å². The smallest absolute Gasteiger partial charge is 0.241 e. The summed E-state index contributed by atoms with van der Waals surface area (Å²) in [5.74, 6) is 0.632. The van der Waals surface area contributed by atoms with Crippen LogP contribution in [0.15, 0.2) is 69.4 Å². The summed E-state index contributed by atoms with van der Waals surface area (Å²) >= 11 is 1.74. The number of hydrogen-bond acceptors (Lipinski definition) is 4. The molecular weight excluding hydrogens is 396 g/mol. The van der Waals surface area contributed by atoms with Gasteiger partial charge in [0.25, 0.3) is 0 Å². The zero-order valence-corrected chi connectivity index (χ0v) is 18.5. The summed E-state index contributed by atoms with van der Waals surface area (Å²) < 4.78 is 5.67. The fourth-order valence-corrected chi connectivity index (χ4v) is 3.80. The number of rotatable bonds is 8. The maximum absolute atomic E-state index is 11.9. The number of hydrogen-bond donors (Lipinski definition) is 2. The number of guanidine groups is 1. The minimum atomic E-state index is 0.00362. The van der Waals surface area contributed by atoms with Crippen molar-refractivity contribution in [2.24, 2.45) is 4.99 Å². The van der Waals surface area contributed by atoms with Crippen molar-refractivity contribution in [3.8, 4) is 0 Å². The van der Waals surface area contributed by atoms with Crippen molar-refractivity contribution in [2.75, 3.05) is 33.8 Å². The van der Waals surface area contributed by atoms with E-state index < -0.39 is 0 Å². The van der Waals surface area contributed by atoms with Crippen LogP contribution < -0.4 is 10.6 Å². The molecule has 1 fully saturated rings. The summed E-state index contributed by atoms with van der Waals surface area (Å²) in [6.45, 7) is 2.25. The molecule has 1 amide bonds. The number of amides is 1. The third kappa shape index (κ3) is 7.39. The highest BCUT2D eigenvalue weighted by molar-refractivity contribution is 7.99. The fourth-order valence-electron chi connectivity index (χ4n) is 2.97. The van der Waals surface area contributed by atoms with Crippen LogP contribution in [0.3, 0.4) is 0 Å². The molecule has 2 aromatic rings. The summed E-state index contributed by atoms with van der Waals surface area (Å²) in [7, 11) is 3.49. The molecule has 6 nitrogen and oxygen atoms in total. The molecule has 0 bridgehead atoms. The molecule has 0 aromatic heterocycles. The van der Waals surface area contributed by atoms with Crippen molar-refractivity contribution in [3.05, 3.63) is 60.2 Å². The normalized spacial score (nSPS) is 16.3. The zero-order chi connectivity index (χ0) is 21.2. The fraction of sp³-hybridized carbons (Fsp3) is 0.391. The van der Waals surface area contributed by atoms with E-state index in [-0.39, 0.29) is 18.6 Å².